The number of amidine groups is 1. The summed E-state index contributed by atoms with van der Waals surface area (Å²) in [5.41, 5.74) is 8.52. The van der Waals surface area contributed by atoms with E-state index < -0.39 is 24.1 Å². The van der Waals surface area contributed by atoms with Crippen molar-refractivity contribution in [2.45, 2.75) is 63.8 Å². The minimum absolute atomic E-state index is 0.00800. The number of hydrogen-bond donors (Lipinski definition) is 0. The van der Waals surface area contributed by atoms with Gasteiger partial charge in [-0.3, -0.25) is 13.9 Å². The largest absolute Gasteiger partial charge is 0.381 e. The van der Waals surface area contributed by atoms with E-state index in [1.807, 2.05) is 43.1 Å². The van der Waals surface area contributed by atoms with Crippen molar-refractivity contribution in [1.29, 1.82) is 0 Å². The maximum absolute atomic E-state index is 12.5. The van der Waals surface area contributed by atoms with Gasteiger partial charge in [0.1, 0.15) is 29.5 Å². The summed E-state index contributed by atoms with van der Waals surface area (Å²) in [7, 11) is 5.61. The Kier molecular flexibility index (Phi) is 12.1. The van der Waals surface area contributed by atoms with Crippen molar-refractivity contribution in [3.63, 3.8) is 0 Å². The molecule has 41 heavy (non-hydrogen) atoms. The van der Waals surface area contributed by atoms with Crippen LogP contribution in [0, 0.1) is 6.92 Å². The van der Waals surface area contributed by atoms with E-state index in [1.54, 1.807) is 32.7 Å². The van der Waals surface area contributed by atoms with Gasteiger partial charge in [-0.25, -0.2) is 9.79 Å². The molecule has 0 aliphatic carbocycles. The predicted octanol–water partition coefficient (Wildman–Crippen LogP) is 2.65. The number of nitrogens with zero attached hydrogens (tertiary/aromatic N) is 8. The van der Waals surface area contributed by atoms with E-state index in [0.717, 1.165) is 16.2 Å². The molecule has 1 aromatic rings. The van der Waals surface area contributed by atoms with Crippen LogP contribution in [-0.2, 0) is 25.5 Å². The molecule has 0 amide bonds. The third kappa shape index (κ3) is 8.03. The summed E-state index contributed by atoms with van der Waals surface area (Å²) in [4.78, 5) is 35.6. The summed E-state index contributed by atoms with van der Waals surface area (Å²) in [5.74, 6) is 2.50. The topological polar surface area (TPSA) is 149 Å². The van der Waals surface area contributed by atoms with Crippen LogP contribution in [0.2, 0.25) is 0 Å². The fraction of sp³-hybridized carbons (Fsp3) is 0.654. The molecule has 2 saturated heterocycles. The quantitative estimate of drug-likeness (QED) is 0.240. The first-order valence-corrected chi connectivity index (χ1v) is 14.5. The Morgan fingerprint density at radius 2 is 2.02 bits per heavy atom. The zero-order valence-corrected chi connectivity index (χ0v) is 25.3. The Hall–Kier alpha value is -3.07. The number of aromatic nitrogens is 2. The monoisotopic (exact) mass is 592 g/mol. The van der Waals surface area contributed by atoms with Gasteiger partial charge in [0.25, 0.3) is 5.56 Å². The molecule has 3 aliphatic rings. The standard InChI is InChI=1S/C14H21N5O4.C12H19N3O2S/c1-4-18-13(20)9(3)7-19(14(18)21)12-6-10(16-17-15)11(23-12)8-22-5-2;1-9-13-10(14(2)3)5-6-15(9)11-8-18-12(17-11)7-16-4/h7,10-12H,4-6,8H2,1-3H3;5-6,11-12H,1,7-8H2,2-4H3/t10?,11-,12-;11-,12+/m11/s1. The second-order valence-electron chi connectivity index (χ2n) is 9.66. The molecule has 0 radical (unpaired) electrons. The minimum atomic E-state index is -0.583. The second kappa shape index (κ2) is 15.2. The maximum atomic E-state index is 12.5. The first-order chi connectivity index (χ1) is 19.6. The third-order valence-corrected chi connectivity index (χ3v) is 7.71. The molecule has 1 unspecified atom stereocenters. The van der Waals surface area contributed by atoms with Gasteiger partial charge in [0.2, 0.25) is 0 Å². The van der Waals surface area contributed by atoms with Crippen LogP contribution >= 0.6 is 11.8 Å². The summed E-state index contributed by atoms with van der Waals surface area (Å²) >= 11 is 1.76. The summed E-state index contributed by atoms with van der Waals surface area (Å²) < 4.78 is 24.7. The molecule has 5 atom stereocenters. The zero-order chi connectivity index (χ0) is 30.1. The van der Waals surface area contributed by atoms with Crippen molar-refractivity contribution in [2.24, 2.45) is 10.1 Å². The van der Waals surface area contributed by atoms with Crippen LogP contribution in [0.25, 0.3) is 10.4 Å². The summed E-state index contributed by atoms with van der Waals surface area (Å²) in [6, 6.07) is -0.411. The van der Waals surface area contributed by atoms with Gasteiger partial charge >= 0.3 is 5.69 Å². The van der Waals surface area contributed by atoms with Gasteiger partial charge in [-0.15, -0.1) is 11.8 Å². The summed E-state index contributed by atoms with van der Waals surface area (Å²) in [6.07, 6.45) is 4.80. The molecule has 0 spiro atoms. The molecule has 0 aromatic carbocycles. The van der Waals surface area contributed by atoms with Crippen LogP contribution in [0.15, 0.2) is 50.6 Å². The lowest BCUT2D eigenvalue weighted by Gasteiger charge is -2.30. The summed E-state index contributed by atoms with van der Waals surface area (Å²) in [6.45, 7) is 10.9. The second-order valence-corrected chi connectivity index (χ2v) is 10.9. The highest BCUT2D eigenvalue weighted by Crippen LogP contribution is 2.31. The summed E-state index contributed by atoms with van der Waals surface area (Å²) in [5, 5.41) is 3.74. The normalized spacial score (nSPS) is 25.4. The van der Waals surface area contributed by atoms with Gasteiger partial charge in [0.15, 0.2) is 0 Å². The molecule has 3 aliphatic heterocycles. The zero-order valence-electron chi connectivity index (χ0n) is 24.5. The van der Waals surface area contributed by atoms with Crippen LogP contribution in [-0.4, -0.2) is 95.4 Å². The molecule has 15 heteroatoms. The van der Waals surface area contributed by atoms with E-state index in [-0.39, 0.29) is 30.4 Å². The SMILES string of the molecule is C=C1N=C(N(C)C)C=CN1[C@H]1CS[C@@H](COC)O1.CCOC[C@H]1O[C@@H](n2cc(C)c(=O)n(CC)c2=O)CC1N=[N+]=[N-]. The van der Waals surface area contributed by atoms with E-state index >= 15 is 0 Å². The number of aryl methyl sites for hydroxylation is 1. The Balaban J connectivity index is 0.000000232. The van der Waals surface area contributed by atoms with Crippen molar-refractivity contribution < 1.29 is 18.9 Å². The van der Waals surface area contributed by atoms with Gasteiger partial charge in [-0.1, -0.05) is 11.7 Å². The molecule has 0 bridgehead atoms. The van der Waals surface area contributed by atoms with Crippen LogP contribution in [0.1, 0.15) is 32.1 Å². The number of rotatable bonds is 9. The van der Waals surface area contributed by atoms with Gasteiger partial charge in [0.05, 0.1) is 25.4 Å². The fourth-order valence-corrected chi connectivity index (χ4v) is 5.54. The number of likely N-dealkylation sites (N-methyl/N-ethyl adjacent to an activating group) is 1. The fourth-order valence-electron chi connectivity index (χ4n) is 4.49. The molecular weight excluding hydrogens is 552 g/mol. The lowest BCUT2D eigenvalue weighted by molar-refractivity contribution is -0.0439. The van der Waals surface area contributed by atoms with Crippen LogP contribution < -0.4 is 11.2 Å². The van der Waals surface area contributed by atoms with E-state index in [4.69, 9.17) is 24.5 Å². The average Bonchev–Trinajstić information content (AvgIpc) is 3.57. The number of thioether (sulfide) groups is 1. The minimum Gasteiger partial charge on any atom is -0.381 e. The Morgan fingerprint density at radius 3 is 2.63 bits per heavy atom. The van der Waals surface area contributed by atoms with Crippen LogP contribution in [0.3, 0.4) is 0 Å². The van der Waals surface area contributed by atoms with Crippen molar-refractivity contribution in [2.75, 3.05) is 46.8 Å². The number of aliphatic imine (C=N–C) groups is 1. The van der Waals surface area contributed by atoms with Crippen molar-refractivity contribution in [3.8, 4) is 0 Å². The first kappa shape index (κ1) is 32.4. The van der Waals surface area contributed by atoms with E-state index in [2.05, 4.69) is 21.6 Å². The molecule has 4 rings (SSSR count). The van der Waals surface area contributed by atoms with Gasteiger partial charge in [-0.2, -0.15) is 0 Å². The average molecular weight is 593 g/mol. The van der Waals surface area contributed by atoms with E-state index in [1.165, 1.54) is 10.8 Å². The number of azide groups is 1. The molecule has 14 nitrogen and oxygen atoms in total. The molecule has 0 saturated carbocycles. The number of ether oxygens (including phenoxy) is 4. The molecule has 4 heterocycles. The van der Waals surface area contributed by atoms with E-state index in [9.17, 15) is 9.59 Å². The molecule has 1 aromatic heterocycles. The lowest BCUT2D eigenvalue weighted by Crippen LogP contribution is -2.41. The molecule has 0 N–H and O–H groups in total. The van der Waals surface area contributed by atoms with Gasteiger partial charge in [-0.05, 0) is 32.4 Å². The van der Waals surface area contributed by atoms with E-state index in [0.29, 0.717) is 31.0 Å². The maximum Gasteiger partial charge on any atom is 0.333 e. The van der Waals surface area contributed by atoms with Crippen molar-refractivity contribution >= 4 is 17.6 Å². The molecular formula is C26H40N8O6S. The van der Waals surface area contributed by atoms with Crippen molar-refractivity contribution in [1.82, 2.24) is 18.9 Å². The van der Waals surface area contributed by atoms with Gasteiger partial charge in [0, 0.05) is 69.4 Å². The Labute approximate surface area is 243 Å². The lowest BCUT2D eigenvalue weighted by atomic mass is 10.1. The smallest absolute Gasteiger partial charge is 0.333 e. The van der Waals surface area contributed by atoms with Crippen LogP contribution in [0.4, 0.5) is 0 Å². The molecule has 226 valence electrons. The highest BCUT2D eigenvalue weighted by atomic mass is 32.2. The van der Waals surface area contributed by atoms with Crippen LogP contribution in [0.5, 0.6) is 0 Å². The highest BCUT2D eigenvalue weighted by Gasteiger charge is 2.36. The molecule has 2 fully saturated rings. The number of hydrogen-bond acceptors (Lipinski definition) is 11. The Morgan fingerprint density at radius 1 is 1.27 bits per heavy atom. The van der Waals surface area contributed by atoms with Gasteiger partial charge < -0.3 is 28.7 Å². The third-order valence-electron chi connectivity index (χ3n) is 6.61. The highest BCUT2D eigenvalue weighted by molar-refractivity contribution is 8.00. The number of methoxy groups -OCH3 is 1. The predicted molar refractivity (Wildman–Crippen MR) is 158 cm³/mol. The first-order valence-electron chi connectivity index (χ1n) is 13.4. The Bertz CT molecular complexity index is 1290. The van der Waals surface area contributed by atoms with Crippen molar-refractivity contribution in [3.05, 3.63) is 67.7 Å².